The first kappa shape index (κ1) is 13.0. The van der Waals surface area contributed by atoms with Crippen molar-refractivity contribution in [2.45, 2.75) is 13.0 Å². The van der Waals surface area contributed by atoms with Crippen molar-refractivity contribution in [2.75, 3.05) is 17.3 Å². The molecular weight excluding hydrogens is 252 g/mol. The van der Waals surface area contributed by atoms with Crippen LogP contribution in [0.25, 0.3) is 0 Å². The number of nitrogens with one attached hydrogen (secondary N) is 1. The van der Waals surface area contributed by atoms with E-state index in [1.807, 2.05) is 13.2 Å². The molecule has 0 saturated heterocycles. The molecule has 6 nitrogen and oxygen atoms in total. The van der Waals surface area contributed by atoms with Gasteiger partial charge in [-0.1, -0.05) is 11.6 Å². The molecule has 0 aliphatic heterocycles. The number of nitro groups is 1. The van der Waals surface area contributed by atoms with Crippen LogP contribution >= 0.6 is 23.4 Å². The van der Waals surface area contributed by atoms with Gasteiger partial charge in [0.05, 0.1) is 4.92 Å². The molecule has 1 N–H and O–H groups in total. The molecule has 0 spiro atoms. The zero-order valence-electron chi connectivity index (χ0n) is 8.81. The molecule has 1 atom stereocenters. The van der Waals surface area contributed by atoms with Gasteiger partial charge in [0.15, 0.2) is 0 Å². The van der Waals surface area contributed by atoms with Gasteiger partial charge in [-0.25, -0.2) is 9.97 Å². The van der Waals surface area contributed by atoms with Crippen LogP contribution in [0.3, 0.4) is 0 Å². The number of hydrogen-bond donors (Lipinski definition) is 1. The van der Waals surface area contributed by atoms with Crippen LogP contribution in [0.1, 0.15) is 6.92 Å². The van der Waals surface area contributed by atoms with Gasteiger partial charge in [-0.15, -0.1) is 0 Å². The smallest absolute Gasteiger partial charge is 0.348 e. The van der Waals surface area contributed by atoms with E-state index in [1.165, 1.54) is 6.33 Å². The molecule has 16 heavy (non-hydrogen) atoms. The molecule has 88 valence electrons. The lowest BCUT2D eigenvalue weighted by atomic mass is 10.3. The molecule has 0 aliphatic carbocycles. The fraction of sp³-hybridized carbons (Fsp3) is 0.500. The van der Waals surface area contributed by atoms with Gasteiger partial charge in [-0.3, -0.25) is 10.1 Å². The zero-order valence-corrected chi connectivity index (χ0v) is 10.4. The van der Waals surface area contributed by atoms with E-state index in [0.29, 0.717) is 0 Å². The Morgan fingerprint density at radius 2 is 2.38 bits per heavy atom. The first-order valence-corrected chi connectivity index (χ1v) is 6.23. The minimum absolute atomic E-state index is 0.0691. The predicted octanol–water partition coefficient (Wildman–Crippen LogP) is 2.20. The fourth-order valence-electron chi connectivity index (χ4n) is 1.15. The highest BCUT2D eigenvalue weighted by Crippen LogP contribution is 2.28. The summed E-state index contributed by atoms with van der Waals surface area (Å²) in [6.07, 6.45) is 3.16. The molecule has 0 saturated carbocycles. The summed E-state index contributed by atoms with van der Waals surface area (Å²) in [6.45, 7) is 1.91. The topological polar surface area (TPSA) is 81.0 Å². The molecule has 0 radical (unpaired) electrons. The lowest BCUT2D eigenvalue weighted by Gasteiger charge is -2.12. The summed E-state index contributed by atoms with van der Waals surface area (Å²) >= 11 is 7.29. The number of halogens is 1. The normalized spacial score (nSPS) is 12.2. The van der Waals surface area contributed by atoms with E-state index < -0.39 is 4.92 Å². The second kappa shape index (κ2) is 5.86. The molecule has 1 unspecified atom stereocenters. The van der Waals surface area contributed by atoms with Crippen molar-refractivity contribution >= 4 is 34.9 Å². The summed E-state index contributed by atoms with van der Waals surface area (Å²) < 4.78 is 0. The van der Waals surface area contributed by atoms with Gasteiger partial charge in [0.25, 0.3) is 0 Å². The third-order valence-corrected chi connectivity index (χ3v) is 2.87. The average molecular weight is 263 g/mol. The fourth-order valence-corrected chi connectivity index (χ4v) is 1.94. The lowest BCUT2D eigenvalue weighted by molar-refractivity contribution is -0.384. The largest absolute Gasteiger partial charge is 0.361 e. The molecule has 0 bridgehead atoms. The molecular formula is C8H11ClN4O2S. The molecule has 1 aromatic heterocycles. The third-order valence-electron chi connectivity index (χ3n) is 1.76. The Bertz CT molecular complexity index is 390. The standard InChI is InChI=1S/C8H11ClN4O2S/c1-5(3-16-2)12-8-6(13(14)15)7(9)10-4-11-8/h4-5H,3H2,1-2H3,(H,10,11,12). The molecule has 8 heteroatoms. The van der Waals surface area contributed by atoms with Crippen molar-refractivity contribution in [3.63, 3.8) is 0 Å². The van der Waals surface area contributed by atoms with E-state index >= 15 is 0 Å². The van der Waals surface area contributed by atoms with Crippen LogP contribution in [-0.2, 0) is 0 Å². The van der Waals surface area contributed by atoms with E-state index in [0.717, 1.165) is 5.75 Å². The van der Waals surface area contributed by atoms with Crippen molar-refractivity contribution in [1.82, 2.24) is 9.97 Å². The maximum Gasteiger partial charge on any atom is 0.348 e. The second-order valence-electron chi connectivity index (χ2n) is 3.12. The minimum Gasteiger partial charge on any atom is -0.361 e. The Morgan fingerprint density at radius 1 is 1.69 bits per heavy atom. The lowest BCUT2D eigenvalue weighted by Crippen LogP contribution is -2.19. The quantitative estimate of drug-likeness (QED) is 0.498. The number of anilines is 1. The maximum atomic E-state index is 10.8. The molecule has 1 aromatic rings. The highest BCUT2D eigenvalue weighted by molar-refractivity contribution is 7.98. The van der Waals surface area contributed by atoms with Gasteiger partial charge in [0.1, 0.15) is 6.33 Å². The predicted molar refractivity (Wildman–Crippen MR) is 65.2 cm³/mol. The zero-order chi connectivity index (χ0) is 12.1. The Balaban J connectivity index is 2.95. The summed E-state index contributed by atoms with van der Waals surface area (Å²) in [6, 6.07) is 0.0691. The van der Waals surface area contributed by atoms with E-state index in [9.17, 15) is 10.1 Å². The van der Waals surface area contributed by atoms with E-state index in [2.05, 4.69) is 15.3 Å². The molecule has 0 aromatic carbocycles. The maximum absolute atomic E-state index is 10.8. The van der Waals surface area contributed by atoms with Gasteiger partial charge in [-0.2, -0.15) is 11.8 Å². The van der Waals surface area contributed by atoms with Crippen LogP contribution in [0.15, 0.2) is 6.33 Å². The summed E-state index contributed by atoms with van der Waals surface area (Å²) in [4.78, 5) is 17.6. The van der Waals surface area contributed by atoms with Crippen molar-refractivity contribution in [2.24, 2.45) is 0 Å². The molecule has 0 amide bonds. The number of rotatable bonds is 5. The van der Waals surface area contributed by atoms with Crippen LogP contribution in [0.2, 0.25) is 5.15 Å². The first-order valence-electron chi connectivity index (χ1n) is 4.46. The van der Waals surface area contributed by atoms with Crippen LogP contribution in [0.5, 0.6) is 0 Å². The number of aromatic nitrogens is 2. The van der Waals surface area contributed by atoms with Crippen LogP contribution in [-0.4, -0.2) is 32.9 Å². The van der Waals surface area contributed by atoms with Crippen LogP contribution in [0, 0.1) is 10.1 Å². The molecule has 1 rings (SSSR count). The Hall–Kier alpha value is -1.08. The van der Waals surface area contributed by atoms with Crippen molar-refractivity contribution in [1.29, 1.82) is 0 Å². The van der Waals surface area contributed by atoms with Crippen LogP contribution in [0.4, 0.5) is 11.5 Å². The monoisotopic (exact) mass is 262 g/mol. The van der Waals surface area contributed by atoms with Gasteiger partial charge in [0, 0.05) is 11.8 Å². The Morgan fingerprint density at radius 3 is 2.94 bits per heavy atom. The summed E-state index contributed by atoms with van der Waals surface area (Å²) in [5.41, 5.74) is -0.280. The van der Waals surface area contributed by atoms with E-state index in [4.69, 9.17) is 11.6 Å². The third kappa shape index (κ3) is 3.21. The van der Waals surface area contributed by atoms with E-state index in [-0.39, 0.29) is 22.7 Å². The van der Waals surface area contributed by atoms with Crippen LogP contribution < -0.4 is 5.32 Å². The van der Waals surface area contributed by atoms with Crippen molar-refractivity contribution in [3.05, 3.63) is 21.6 Å². The molecule has 0 aliphatic rings. The average Bonchev–Trinajstić information content (AvgIpc) is 2.17. The summed E-state index contributed by atoms with van der Waals surface area (Å²) in [7, 11) is 0. The molecule has 1 heterocycles. The second-order valence-corrected chi connectivity index (χ2v) is 4.39. The van der Waals surface area contributed by atoms with Crippen molar-refractivity contribution in [3.8, 4) is 0 Å². The SMILES string of the molecule is CSCC(C)Nc1ncnc(Cl)c1[N+](=O)[O-]. The number of thioether (sulfide) groups is 1. The Labute approximate surface area is 102 Å². The van der Waals surface area contributed by atoms with Gasteiger partial charge < -0.3 is 5.32 Å². The summed E-state index contributed by atoms with van der Waals surface area (Å²) in [5, 5.41) is 13.6. The highest BCUT2D eigenvalue weighted by atomic mass is 35.5. The van der Waals surface area contributed by atoms with Gasteiger partial charge in [-0.05, 0) is 13.2 Å². The molecule has 0 fully saturated rings. The van der Waals surface area contributed by atoms with E-state index in [1.54, 1.807) is 11.8 Å². The van der Waals surface area contributed by atoms with Gasteiger partial charge in [0.2, 0.25) is 11.0 Å². The summed E-state index contributed by atoms with van der Waals surface area (Å²) in [5.74, 6) is 0.977. The highest BCUT2D eigenvalue weighted by Gasteiger charge is 2.22. The Kier molecular flexibility index (Phi) is 4.75. The first-order chi connectivity index (χ1) is 7.56. The number of hydrogen-bond acceptors (Lipinski definition) is 6. The van der Waals surface area contributed by atoms with Gasteiger partial charge >= 0.3 is 5.69 Å². The minimum atomic E-state index is -0.587. The number of nitrogens with zero attached hydrogens (tertiary/aromatic N) is 3. The van der Waals surface area contributed by atoms with Crippen molar-refractivity contribution < 1.29 is 4.92 Å².